The van der Waals surface area contributed by atoms with Crippen molar-refractivity contribution in [3.05, 3.63) is 54.0 Å². The Morgan fingerprint density at radius 1 is 1.18 bits per heavy atom. The molecular formula is C16H17NO5. The third-order valence-corrected chi connectivity index (χ3v) is 3.04. The van der Waals surface area contributed by atoms with Crippen molar-refractivity contribution in [2.24, 2.45) is 0 Å². The summed E-state index contributed by atoms with van der Waals surface area (Å²) in [6, 6.07) is 9.97. The summed E-state index contributed by atoms with van der Waals surface area (Å²) in [5.74, 6) is 0.625. The Balaban J connectivity index is 1.84. The van der Waals surface area contributed by atoms with Gasteiger partial charge in [-0.3, -0.25) is 4.79 Å². The zero-order valence-corrected chi connectivity index (χ0v) is 12.4. The van der Waals surface area contributed by atoms with E-state index in [2.05, 4.69) is 4.74 Å². The Morgan fingerprint density at radius 3 is 2.50 bits per heavy atom. The minimum Gasteiger partial charge on any atom is -0.484 e. The summed E-state index contributed by atoms with van der Waals surface area (Å²) >= 11 is 0. The molecule has 0 spiro atoms. The van der Waals surface area contributed by atoms with E-state index < -0.39 is 5.97 Å². The van der Waals surface area contributed by atoms with Crippen molar-refractivity contribution in [3.63, 3.8) is 0 Å². The van der Waals surface area contributed by atoms with Gasteiger partial charge in [-0.2, -0.15) is 0 Å². The Bertz CT molecular complexity index is 618. The number of carbonyl (C=O) groups is 2. The molecule has 1 amide bonds. The number of benzene rings is 1. The van der Waals surface area contributed by atoms with Gasteiger partial charge in [0.05, 0.1) is 25.5 Å². The van der Waals surface area contributed by atoms with E-state index in [0.29, 0.717) is 23.6 Å². The number of esters is 1. The van der Waals surface area contributed by atoms with Crippen LogP contribution in [0.25, 0.3) is 0 Å². The van der Waals surface area contributed by atoms with Gasteiger partial charge in [0, 0.05) is 7.05 Å². The molecule has 22 heavy (non-hydrogen) atoms. The van der Waals surface area contributed by atoms with Gasteiger partial charge in [-0.25, -0.2) is 4.79 Å². The Labute approximate surface area is 128 Å². The minimum absolute atomic E-state index is 0.0885. The highest BCUT2D eigenvalue weighted by Gasteiger charge is 2.12. The number of amides is 1. The first kappa shape index (κ1) is 15.6. The number of rotatable bonds is 6. The maximum Gasteiger partial charge on any atom is 0.337 e. The summed E-state index contributed by atoms with van der Waals surface area (Å²) in [6.07, 6.45) is 1.56. The molecule has 1 aromatic heterocycles. The van der Waals surface area contributed by atoms with Crippen molar-refractivity contribution < 1.29 is 23.5 Å². The van der Waals surface area contributed by atoms with E-state index in [0.717, 1.165) is 0 Å². The molecule has 1 aromatic carbocycles. The molecule has 6 heteroatoms. The number of ether oxygens (including phenoxy) is 2. The van der Waals surface area contributed by atoms with Crippen LogP contribution in [0.5, 0.6) is 5.75 Å². The third-order valence-electron chi connectivity index (χ3n) is 3.04. The fraction of sp³-hybridized carbons (Fsp3) is 0.250. The van der Waals surface area contributed by atoms with Gasteiger partial charge in [0.25, 0.3) is 5.91 Å². The summed E-state index contributed by atoms with van der Waals surface area (Å²) in [5.41, 5.74) is 0.427. The normalized spacial score (nSPS) is 10.1. The molecule has 0 aliphatic heterocycles. The largest absolute Gasteiger partial charge is 0.484 e. The number of furan rings is 1. The van der Waals surface area contributed by atoms with E-state index in [1.807, 2.05) is 0 Å². The lowest BCUT2D eigenvalue weighted by Crippen LogP contribution is -2.30. The van der Waals surface area contributed by atoms with Gasteiger partial charge >= 0.3 is 5.97 Å². The SMILES string of the molecule is COC(=O)c1ccc(OCC(=O)N(C)Cc2ccco2)cc1. The second-order valence-electron chi connectivity index (χ2n) is 4.63. The molecule has 0 unspecified atom stereocenters. The number of nitrogens with zero attached hydrogens (tertiary/aromatic N) is 1. The second-order valence-corrected chi connectivity index (χ2v) is 4.63. The molecule has 0 fully saturated rings. The van der Waals surface area contributed by atoms with Crippen LogP contribution in [-0.4, -0.2) is 37.5 Å². The molecule has 0 aliphatic rings. The average Bonchev–Trinajstić information content (AvgIpc) is 3.05. The van der Waals surface area contributed by atoms with Gasteiger partial charge in [-0.1, -0.05) is 0 Å². The van der Waals surface area contributed by atoms with Crippen molar-refractivity contribution in [1.29, 1.82) is 0 Å². The number of carbonyl (C=O) groups excluding carboxylic acids is 2. The molecule has 0 saturated heterocycles. The fourth-order valence-electron chi connectivity index (χ4n) is 1.78. The minimum atomic E-state index is -0.416. The van der Waals surface area contributed by atoms with Gasteiger partial charge in [0.15, 0.2) is 6.61 Å². The van der Waals surface area contributed by atoms with Crippen LogP contribution in [0.1, 0.15) is 16.1 Å². The number of methoxy groups -OCH3 is 1. The summed E-state index contributed by atoms with van der Waals surface area (Å²) in [6.45, 7) is 0.297. The van der Waals surface area contributed by atoms with Crippen LogP contribution >= 0.6 is 0 Å². The maximum atomic E-state index is 11.9. The molecule has 0 bridgehead atoms. The standard InChI is InChI=1S/C16H17NO5/c1-17(10-14-4-3-9-21-14)15(18)11-22-13-7-5-12(6-8-13)16(19)20-2/h3-9H,10-11H2,1-2H3. The van der Waals surface area contributed by atoms with Crippen LogP contribution in [0.3, 0.4) is 0 Å². The molecule has 0 saturated carbocycles. The van der Waals surface area contributed by atoms with E-state index in [9.17, 15) is 9.59 Å². The van der Waals surface area contributed by atoms with Crippen LogP contribution in [-0.2, 0) is 16.1 Å². The summed E-state index contributed by atoms with van der Waals surface area (Å²) < 4.78 is 15.2. The molecule has 0 aliphatic carbocycles. The molecule has 2 aromatic rings. The molecule has 2 rings (SSSR count). The van der Waals surface area contributed by atoms with E-state index in [-0.39, 0.29) is 12.5 Å². The predicted octanol–water partition coefficient (Wildman–Crippen LogP) is 2.10. The lowest BCUT2D eigenvalue weighted by Gasteiger charge is -2.16. The fourth-order valence-corrected chi connectivity index (χ4v) is 1.78. The molecule has 0 N–H and O–H groups in total. The van der Waals surface area contributed by atoms with Crippen molar-refractivity contribution in [3.8, 4) is 5.75 Å². The molecule has 6 nitrogen and oxygen atoms in total. The van der Waals surface area contributed by atoms with Crippen LogP contribution in [0, 0.1) is 0 Å². The Morgan fingerprint density at radius 2 is 1.91 bits per heavy atom. The Hall–Kier alpha value is -2.76. The third kappa shape index (κ3) is 4.12. The number of hydrogen-bond acceptors (Lipinski definition) is 5. The van der Waals surface area contributed by atoms with Crippen molar-refractivity contribution in [2.75, 3.05) is 20.8 Å². The number of likely N-dealkylation sites (N-methyl/N-ethyl adjacent to an activating group) is 1. The lowest BCUT2D eigenvalue weighted by atomic mass is 10.2. The van der Waals surface area contributed by atoms with Gasteiger partial charge < -0.3 is 18.8 Å². The van der Waals surface area contributed by atoms with E-state index in [4.69, 9.17) is 9.15 Å². The van der Waals surface area contributed by atoms with Crippen molar-refractivity contribution >= 4 is 11.9 Å². The Kier molecular flexibility index (Phi) is 5.19. The molecule has 116 valence electrons. The van der Waals surface area contributed by atoms with Crippen LogP contribution in [0.4, 0.5) is 0 Å². The van der Waals surface area contributed by atoms with Gasteiger partial charge in [-0.05, 0) is 36.4 Å². The zero-order chi connectivity index (χ0) is 15.9. The summed E-state index contributed by atoms with van der Waals surface area (Å²) in [7, 11) is 2.99. The van der Waals surface area contributed by atoms with Gasteiger partial charge in [0.2, 0.25) is 0 Å². The lowest BCUT2D eigenvalue weighted by molar-refractivity contribution is -0.132. The zero-order valence-electron chi connectivity index (χ0n) is 12.4. The topological polar surface area (TPSA) is 69.0 Å². The highest BCUT2D eigenvalue weighted by atomic mass is 16.5. The molecule has 0 atom stereocenters. The number of hydrogen-bond donors (Lipinski definition) is 0. The quantitative estimate of drug-likeness (QED) is 0.764. The van der Waals surface area contributed by atoms with Crippen LogP contribution in [0.15, 0.2) is 47.1 Å². The average molecular weight is 303 g/mol. The van der Waals surface area contributed by atoms with Gasteiger partial charge in [-0.15, -0.1) is 0 Å². The molecule has 1 heterocycles. The van der Waals surface area contributed by atoms with E-state index >= 15 is 0 Å². The first-order valence-corrected chi connectivity index (χ1v) is 6.67. The first-order chi connectivity index (χ1) is 10.6. The maximum absolute atomic E-state index is 11.9. The van der Waals surface area contributed by atoms with Crippen LogP contribution in [0.2, 0.25) is 0 Å². The van der Waals surface area contributed by atoms with Crippen molar-refractivity contribution in [1.82, 2.24) is 4.90 Å². The van der Waals surface area contributed by atoms with Gasteiger partial charge in [0.1, 0.15) is 11.5 Å². The predicted molar refractivity (Wildman–Crippen MR) is 78.5 cm³/mol. The smallest absolute Gasteiger partial charge is 0.337 e. The first-order valence-electron chi connectivity index (χ1n) is 6.67. The monoisotopic (exact) mass is 303 g/mol. The molecule has 0 radical (unpaired) electrons. The van der Waals surface area contributed by atoms with Crippen molar-refractivity contribution in [2.45, 2.75) is 6.54 Å². The highest BCUT2D eigenvalue weighted by molar-refractivity contribution is 5.89. The van der Waals surface area contributed by atoms with E-state index in [1.54, 1.807) is 49.7 Å². The second kappa shape index (κ2) is 7.31. The van der Waals surface area contributed by atoms with Crippen LogP contribution < -0.4 is 4.74 Å². The summed E-state index contributed by atoms with van der Waals surface area (Å²) in [5, 5.41) is 0. The summed E-state index contributed by atoms with van der Waals surface area (Å²) in [4.78, 5) is 24.8. The molecular weight excluding hydrogens is 286 g/mol. The highest BCUT2D eigenvalue weighted by Crippen LogP contribution is 2.13. The van der Waals surface area contributed by atoms with E-state index in [1.165, 1.54) is 12.0 Å².